The topological polar surface area (TPSA) is 76.7 Å². The molecular weight excluding hydrogens is 292 g/mol. The summed E-state index contributed by atoms with van der Waals surface area (Å²) in [6.45, 7) is 5.87. The van der Waals surface area contributed by atoms with Crippen LogP contribution in [0.3, 0.4) is 0 Å². The normalized spacial score (nSPS) is 15.0. The second kappa shape index (κ2) is 6.21. The molecule has 0 unspecified atom stereocenters. The van der Waals surface area contributed by atoms with Gasteiger partial charge in [0, 0.05) is 24.2 Å². The maximum atomic E-state index is 11.3. The minimum absolute atomic E-state index is 0.505. The predicted octanol–water partition coefficient (Wildman–Crippen LogP) is 0.875. The highest BCUT2D eigenvalue weighted by Gasteiger charge is 2.22. The SMILES string of the molecule is CC(C)(CNCc1cccc2c1OCCO2)NS(C)(=O)=O. The first-order chi connectivity index (χ1) is 9.77. The lowest BCUT2D eigenvalue weighted by molar-refractivity contribution is 0.169. The van der Waals surface area contributed by atoms with Gasteiger partial charge in [0.1, 0.15) is 13.2 Å². The Hall–Kier alpha value is -1.31. The zero-order valence-electron chi connectivity index (χ0n) is 12.6. The molecule has 0 atom stereocenters. The third-order valence-corrected chi connectivity index (χ3v) is 3.92. The Kier molecular flexibility index (Phi) is 4.75. The standard InChI is InChI=1S/C14H22N2O4S/c1-14(2,16-21(3,17)18)10-15-9-11-5-4-6-12-13(11)20-8-7-19-12/h4-6,15-16H,7-10H2,1-3H3. The molecule has 1 heterocycles. The van der Waals surface area contributed by atoms with E-state index in [9.17, 15) is 8.42 Å². The molecule has 0 spiro atoms. The van der Waals surface area contributed by atoms with Crippen molar-refractivity contribution in [2.45, 2.75) is 25.9 Å². The fourth-order valence-electron chi connectivity index (χ4n) is 2.32. The molecule has 118 valence electrons. The Morgan fingerprint density at radius 1 is 1.24 bits per heavy atom. The van der Waals surface area contributed by atoms with Gasteiger partial charge in [-0.15, -0.1) is 0 Å². The minimum atomic E-state index is -3.23. The number of para-hydroxylation sites is 1. The van der Waals surface area contributed by atoms with Crippen LogP contribution in [-0.2, 0) is 16.6 Å². The summed E-state index contributed by atoms with van der Waals surface area (Å²) in [5.41, 5.74) is 0.446. The number of rotatable bonds is 6. The molecule has 1 aliphatic rings. The minimum Gasteiger partial charge on any atom is -0.486 e. The van der Waals surface area contributed by atoms with Crippen molar-refractivity contribution in [1.82, 2.24) is 10.0 Å². The molecule has 1 aromatic carbocycles. The molecule has 0 bridgehead atoms. The van der Waals surface area contributed by atoms with Gasteiger partial charge in [0.15, 0.2) is 11.5 Å². The van der Waals surface area contributed by atoms with Crippen LogP contribution in [0.25, 0.3) is 0 Å². The Morgan fingerprint density at radius 2 is 1.95 bits per heavy atom. The van der Waals surface area contributed by atoms with Gasteiger partial charge in [-0.1, -0.05) is 12.1 Å². The Bertz CT molecular complexity index is 599. The molecule has 0 saturated heterocycles. The number of nitrogens with one attached hydrogen (secondary N) is 2. The van der Waals surface area contributed by atoms with Crippen molar-refractivity contribution >= 4 is 10.0 Å². The van der Waals surface area contributed by atoms with Gasteiger partial charge in [0.05, 0.1) is 6.26 Å². The second-order valence-electron chi connectivity index (χ2n) is 5.80. The van der Waals surface area contributed by atoms with Crippen LogP contribution in [0.15, 0.2) is 18.2 Å². The van der Waals surface area contributed by atoms with Crippen molar-refractivity contribution in [3.8, 4) is 11.5 Å². The number of hydrogen-bond donors (Lipinski definition) is 2. The summed E-state index contributed by atoms with van der Waals surface area (Å²) >= 11 is 0. The van der Waals surface area contributed by atoms with Crippen LogP contribution in [0, 0.1) is 0 Å². The largest absolute Gasteiger partial charge is 0.486 e. The molecule has 2 rings (SSSR count). The van der Waals surface area contributed by atoms with Crippen LogP contribution in [0.2, 0.25) is 0 Å². The fourth-order valence-corrected chi connectivity index (χ4v) is 3.40. The number of fused-ring (bicyclic) bond motifs is 1. The highest BCUT2D eigenvalue weighted by atomic mass is 32.2. The van der Waals surface area contributed by atoms with E-state index in [1.165, 1.54) is 0 Å². The summed E-state index contributed by atoms with van der Waals surface area (Å²) < 4.78 is 36.4. The number of sulfonamides is 1. The zero-order chi connectivity index (χ0) is 15.5. The summed E-state index contributed by atoms with van der Waals surface area (Å²) in [7, 11) is -3.23. The fraction of sp³-hybridized carbons (Fsp3) is 0.571. The lowest BCUT2D eigenvalue weighted by Gasteiger charge is -2.26. The molecule has 2 N–H and O–H groups in total. The number of benzene rings is 1. The van der Waals surface area contributed by atoms with Crippen LogP contribution < -0.4 is 19.5 Å². The lowest BCUT2D eigenvalue weighted by atomic mass is 10.1. The average molecular weight is 314 g/mol. The predicted molar refractivity (Wildman–Crippen MR) is 81.2 cm³/mol. The number of hydrogen-bond acceptors (Lipinski definition) is 5. The van der Waals surface area contributed by atoms with E-state index < -0.39 is 15.6 Å². The molecule has 0 amide bonds. The van der Waals surface area contributed by atoms with E-state index in [1.807, 2.05) is 32.0 Å². The first-order valence-electron chi connectivity index (χ1n) is 6.84. The van der Waals surface area contributed by atoms with E-state index in [2.05, 4.69) is 10.0 Å². The second-order valence-corrected chi connectivity index (χ2v) is 7.55. The third-order valence-electron chi connectivity index (χ3n) is 2.99. The number of ether oxygens (including phenoxy) is 2. The van der Waals surface area contributed by atoms with Crippen LogP contribution in [0.5, 0.6) is 11.5 Å². The van der Waals surface area contributed by atoms with Gasteiger partial charge in [-0.05, 0) is 19.9 Å². The summed E-state index contributed by atoms with van der Waals surface area (Å²) in [4.78, 5) is 0. The monoisotopic (exact) mass is 314 g/mol. The Labute approximate surface area is 125 Å². The van der Waals surface area contributed by atoms with Crippen LogP contribution in [0.4, 0.5) is 0 Å². The molecule has 0 aromatic heterocycles. The van der Waals surface area contributed by atoms with E-state index in [-0.39, 0.29) is 0 Å². The first-order valence-corrected chi connectivity index (χ1v) is 8.73. The van der Waals surface area contributed by atoms with Crippen LogP contribution in [-0.4, -0.2) is 40.0 Å². The van der Waals surface area contributed by atoms with E-state index in [0.29, 0.717) is 26.3 Å². The molecule has 1 aliphatic heterocycles. The van der Waals surface area contributed by atoms with Gasteiger partial charge in [0.25, 0.3) is 0 Å². The van der Waals surface area contributed by atoms with Crippen molar-refractivity contribution < 1.29 is 17.9 Å². The Balaban J connectivity index is 1.95. The van der Waals surface area contributed by atoms with Gasteiger partial charge in [0.2, 0.25) is 10.0 Å². The average Bonchev–Trinajstić information content (AvgIpc) is 2.36. The van der Waals surface area contributed by atoms with E-state index in [4.69, 9.17) is 9.47 Å². The smallest absolute Gasteiger partial charge is 0.209 e. The molecule has 0 fully saturated rings. The molecule has 0 radical (unpaired) electrons. The summed E-state index contributed by atoms with van der Waals surface area (Å²) in [5.74, 6) is 1.53. The maximum absolute atomic E-state index is 11.3. The molecule has 7 heteroatoms. The zero-order valence-corrected chi connectivity index (χ0v) is 13.4. The van der Waals surface area contributed by atoms with Crippen molar-refractivity contribution in [3.05, 3.63) is 23.8 Å². The summed E-state index contributed by atoms with van der Waals surface area (Å²) in [5, 5.41) is 3.25. The van der Waals surface area contributed by atoms with Gasteiger partial charge in [-0.3, -0.25) is 0 Å². The molecule has 0 saturated carbocycles. The van der Waals surface area contributed by atoms with Gasteiger partial charge in [-0.2, -0.15) is 0 Å². The summed E-state index contributed by atoms with van der Waals surface area (Å²) in [6.07, 6.45) is 1.16. The van der Waals surface area contributed by atoms with Crippen molar-refractivity contribution in [3.63, 3.8) is 0 Å². The highest BCUT2D eigenvalue weighted by molar-refractivity contribution is 7.88. The van der Waals surface area contributed by atoms with Crippen LogP contribution in [0.1, 0.15) is 19.4 Å². The van der Waals surface area contributed by atoms with E-state index >= 15 is 0 Å². The third kappa shape index (κ3) is 4.87. The molecule has 6 nitrogen and oxygen atoms in total. The quantitative estimate of drug-likeness (QED) is 0.815. The summed E-state index contributed by atoms with van der Waals surface area (Å²) in [6, 6.07) is 5.77. The van der Waals surface area contributed by atoms with Gasteiger partial charge >= 0.3 is 0 Å². The first kappa shape index (κ1) is 16.1. The Morgan fingerprint density at radius 3 is 2.67 bits per heavy atom. The molecule has 21 heavy (non-hydrogen) atoms. The molecule has 0 aliphatic carbocycles. The van der Waals surface area contributed by atoms with Crippen molar-refractivity contribution in [2.24, 2.45) is 0 Å². The maximum Gasteiger partial charge on any atom is 0.209 e. The van der Waals surface area contributed by atoms with Crippen LogP contribution >= 0.6 is 0 Å². The van der Waals surface area contributed by atoms with Gasteiger partial charge < -0.3 is 14.8 Å². The molecular formula is C14H22N2O4S. The van der Waals surface area contributed by atoms with Gasteiger partial charge in [-0.25, -0.2) is 13.1 Å². The van der Waals surface area contributed by atoms with E-state index in [0.717, 1.165) is 23.3 Å². The van der Waals surface area contributed by atoms with Crippen molar-refractivity contribution in [1.29, 1.82) is 0 Å². The van der Waals surface area contributed by atoms with Crippen molar-refractivity contribution in [2.75, 3.05) is 26.0 Å². The highest BCUT2D eigenvalue weighted by Crippen LogP contribution is 2.33. The lowest BCUT2D eigenvalue weighted by Crippen LogP contribution is -2.49. The van der Waals surface area contributed by atoms with E-state index in [1.54, 1.807) is 0 Å². The molecule has 1 aromatic rings.